The van der Waals surface area contributed by atoms with Gasteiger partial charge in [0.15, 0.2) is 9.84 Å². The van der Waals surface area contributed by atoms with E-state index in [4.69, 9.17) is 4.74 Å². The summed E-state index contributed by atoms with van der Waals surface area (Å²) >= 11 is 0. The smallest absolute Gasteiger partial charge is 0.254 e. The van der Waals surface area contributed by atoms with Gasteiger partial charge in [0.05, 0.1) is 23.6 Å². The standard InChI is InChI=1S/C21H26N2O4S/c1-22(2)15-19-20(16-7-5-4-6-8-16)23(13-14-27-19)21(24)17-9-11-18(12-10-17)28(3,25)26/h4-12,19-20H,13-15H2,1-3H3/t19-,20-/m0/s1. The number of nitrogens with zero attached hydrogens (tertiary/aromatic N) is 2. The number of benzene rings is 2. The first-order valence-electron chi connectivity index (χ1n) is 9.20. The summed E-state index contributed by atoms with van der Waals surface area (Å²) in [5.74, 6) is -0.124. The lowest BCUT2D eigenvalue weighted by Crippen LogP contribution is -2.51. The third-order valence-corrected chi connectivity index (χ3v) is 5.96. The first-order chi connectivity index (χ1) is 13.3. The Kier molecular flexibility index (Phi) is 6.17. The van der Waals surface area contributed by atoms with Crippen molar-refractivity contribution in [2.45, 2.75) is 17.0 Å². The Morgan fingerprint density at radius 3 is 2.32 bits per heavy atom. The number of morpholine rings is 1. The average molecular weight is 403 g/mol. The molecule has 0 aromatic heterocycles. The van der Waals surface area contributed by atoms with E-state index in [1.807, 2.05) is 49.3 Å². The Morgan fingerprint density at radius 2 is 1.75 bits per heavy atom. The molecule has 0 aliphatic carbocycles. The quantitative estimate of drug-likeness (QED) is 0.767. The van der Waals surface area contributed by atoms with Crippen molar-refractivity contribution in [2.75, 3.05) is 40.0 Å². The Bertz CT molecular complexity index is 911. The highest BCUT2D eigenvalue weighted by Crippen LogP contribution is 2.31. The molecule has 1 amide bonds. The first-order valence-corrected chi connectivity index (χ1v) is 11.1. The maximum absolute atomic E-state index is 13.3. The minimum atomic E-state index is -3.30. The molecule has 0 N–H and O–H groups in total. The summed E-state index contributed by atoms with van der Waals surface area (Å²) in [5.41, 5.74) is 1.49. The van der Waals surface area contributed by atoms with Crippen molar-refractivity contribution in [3.8, 4) is 0 Å². The second kappa shape index (κ2) is 8.43. The van der Waals surface area contributed by atoms with Crippen LogP contribution in [-0.2, 0) is 14.6 Å². The van der Waals surface area contributed by atoms with Gasteiger partial charge in [-0.25, -0.2) is 8.42 Å². The second-order valence-electron chi connectivity index (χ2n) is 7.32. The van der Waals surface area contributed by atoms with Crippen molar-refractivity contribution in [1.82, 2.24) is 9.80 Å². The monoisotopic (exact) mass is 402 g/mol. The minimum Gasteiger partial charge on any atom is -0.373 e. The largest absolute Gasteiger partial charge is 0.373 e. The van der Waals surface area contributed by atoms with Crippen LogP contribution in [0.1, 0.15) is 22.0 Å². The summed E-state index contributed by atoms with van der Waals surface area (Å²) < 4.78 is 29.4. The zero-order valence-corrected chi connectivity index (χ0v) is 17.2. The number of likely N-dealkylation sites (N-methyl/N-ethyl adjacent to an activating group) is 1. The number of ether oxygens (including phenoxy) is 1. The molecular formula is C21H26N2O4S. The summed E-state index contributed by atoms with van der Waals surface area (Å²) in [6, 6.07) is 15.8. The van der Waals surface area contributed by atoms with Gasteiger partial charge in [-0.2, -0.15) is 0 Å². The van der Waals surface area contributed by atoms with Crippen LogP contribution in [0.15, 0.2) is 59.5 Å². The van der Waals surface area contributed by atoms with Gasteiger partial charge in [-0.15, -0.1) is 0 Å². The number of sulfone groups is 1. The zero-order chi connectivity index (χ0) is 20.3. The van der Waals surface area contributed by atoms with Crippen molar-refractivity contribution >= 4 is 15.7 Å². The van der Waals surface area contributed by atoms with E-state index in [-0.39, 0.29) is 22.9 Å². The highest BCUT2D eigenvalue weighted by Gasteiger charge is 2.37. The molecule has 1 aliphatic rings. The lowest BCUT2D eigenvalue weighted by molar-refractivity contribution is -0.0684. The van der Waals surface area contributed by atoms with Gasteiger partial charge < -0.3 is 14.5 Å². The fraction of sp³-hybridized carbons (Fsp3) is 0.381. The van der Waals surface area contributed by atoms with Crippen LogP contribution in [-0.4, -0.2) is 70.3 Å². The Morgan fingerprint density at radius 1 is 1.11 bits per heavy atom. The molecule has 2 aromatic carbocycles. The fourth-order valence-corrected chi connectivity index (χ4v) is 4.16. The van der Waals surface area contributed by atoms with Crippen LogP contribution in [0.25, 0.3) is 0 Å². The van der Waals surface area contributed by atoms with Gasteiger partial charge >= 0.3 is 0 Å². The molecule has 1 aliphatic heterocycles. The van der Waals surface area contributed by atoms with E-state index >= 15 is 0 Å². The Labute approximate surface area is 166 Å². The van der Waals surface area contributed by atoms with E-state index in [0.717, 1.165) is 11.8 Å². The Balaban J connectivity index is 1.93. The lowest BCUT2D eigenvalue weighted by Gasteiger charge is -2.42. The predicted octanol–water partition coefficient (Wildman–Crippen LogP) is 2.23. The molecule has 2 atom stereocenters. The number of amides is 1. The van der Waals surface area contributed by atoms with Crippen LogP contribution >= 0.6 is 0 Å². The number of rotatable bonds is 5. The molecule has 1 heterocycles. The third-order valence-electron chi connectivity index (χ3n) is 4.83. The van der Waals surface area contributed by atoms with Crippen LogP contribution in [0.3, 0.4) is 0 Å². The van der Waals surface area contributed by atoms with E-state index in [9.17, 15) is 13.2 Å². The van der Waals surface area contributed by atoms with Crippen molar-refractivity contribution in [2.24, 2.45) is 0 Å². The second-order valence-corrected chi connectivity index (χ2v) is 9.34. The Hall–Kier alpha value is -2.22. The zero-order valence-electron chi connectivity index (χ0n) is 16.4. The number of hydrogen-bond donors (Lipinski definition) is 0. The normalized spacial score (nSPS) is 20.4. The van der Waals surface area contributed by atoms with Crippen molar-refractivity contribution < 1.29 is 17.9 Å². The molecule has 0 unspecified atom stereocenters. The number of carbonyl (C=O) groups excluding carboxylic acids is 1. The number of hydrogen-bond acceptors (Lipinski definition) is 5. The molecule has 3 rings (SSSR count). The summed E-state index contributed by atoms with van der Waals surface area (Å²) in [6.45, 7) is 1.64. The molecule has 0 radical (unpaired) electrons. The van der Waals surface area contributed by atoms with Gasteiger partial charge in [-0.3, -0.25) is 4.79 Å². The molecule has 1 fully saturated rings. The summed E-state index contributed by atoms with van der Waals surface area (Å²) in [4.78, 5) is 17.4. The summed E-state index contributed by atoms with van der Waals surface area (Å²) in [7, 11) is 0.668. The van der Waals surface area contributed by atoms with Crippen molar-refractivity contribution in [3.63, 3.8) is 0 Å². The maximum Gasteiger partial charge on any atom is 0.254 e. The van der Waals surface area contributed by atoms with E-state index < -0.39 is 9.84 Å². The van der Waals surface area contributed by atoms with E-state index in [2.05, 4.69) is 4.90 Å². The molecular weight excluding hydrogens is 376 g/mol. The molecule has 7 heteroatoms. The molecule has 0 saturated carbocycles. The van der Waals surface area contributed by atoms with Gasteiger partial charge in [-0.1, -0.05) is 30.3 Å². The molecule has 6 nitrogen and oxygen atoms in total. The van der Waals surface area contributed by atoms with Gasteiger partial charge in [0.25, 0.3) is 5.91 Å². The van der Waals surface area contributed by atoms with Crippen LogP contribution in [0, 0.1) is 0 Å². The van der Waals surface area contributed by atoms with Gasteiger partial charge in [0.1, 0.15) is 0 Å². The van der Waals surface area contributed by atoms with Crippen LogP contribution in [0.2, 0.25) is 0 Å². The van der Waals surface area contributed by atoms with Gasteiger partial charge in [0, 0.05) is 24.9 Å². The predicted molar refractivity (Wildman–Crippen MR) is 108 cm³/mol. The lowest BCUT2D eigenvalue weighted by atomic mass is 9.96. The van der Waals surface area contributed by atoms with E-state index in [0.29, 0.717) is 25.3 Å². The maximum atomic E-state index is 13.3. The average Bonchev–Trinajstić information content (AvgIpc) is 2.67. The van der Waals surface area contributed by atoms with E-state index in [1.54, 1.807) is 12.1 Å². The highest BCUT2D eigenvalue weighted by atomic mass is 32.2. The topological polar surface area (TPSA) is 66.9 Å². The summed E-state index contributed by atoms with van der Waals surface area (Å²) in [5, 5.41) is 0. The van der Waals surface area contributed by atoms with Crippen molar-refractivity contribution in [3.05, 3.63) is 65.7 Å². The first kappa shape index (κ1) is 20.5. The number of carbonyl (C=O) groups is 1. The van der Waals surface area contributed by atoms with Crippen LogP contribution in [0.5, 0.6) is 0 Å². The molecule has 150 valence electrons. The molecule has 2 aromatic rings. The summed E-state index contributed by atoms with van der Waals surface area (Å²) in [6.07, 6.45) is 1.01. The molecule has 28 heavy (non-hydrogen) atoms. The highest BCUT2D eigenvalue weighted by molar-refractivity contribution is 7.90. The molecule has 0 bridgehead atoms. The van der Waals surface area contributed by atoms with Crippen LogP contribution in [0.4, 0.5) is 0 Å². The van der Waals surface area contributed by atoms with Gasteiger partial charge in [0.2, 0.25) is 0 Å². The van der Waals surface area contributed by atoms with Crippen LogP contribution < -0.4 is 0 Å². The van der Waals surface area contributed by atoms with Gasteiger partial charge in [-0.05, 0) is 43.9 Å². The van der Waals surface area contributed by atoms with Crippen molar-refractivity contribution in [1.29, 1.82) is 0 Å². The molecule has 1 saturated heterocycles. The molecule has 0 spiro atoms. The fourth-order valence-electron chi connectivity index (χ4n) is 3.53. The minimum absolute atomic E-state index is 0.124. The SMILES string of the molecule is CN(C)C[C@@H]1OCCN(C(=O)c2ccc(S(C)(=O)=O)cc2)[C@H]1c1ccccc1. The third kappa shape index (κ3) is 4.60. The van der Waals surface area contributed by atoms with E-state index in [1.165, 1.54) is 12.1 Å².